The van der Waals surface area contributed by atoms with Crippen molar-refractivity contribution < 1.29 is 9.32 Å². The molecular weight excluding hydrogens is 412 g/mol. The number of aromatic nitrogens is 1. The number of urea groups is 1. The maximum absolute atomic E-state index is 12.9. The van der Waals surface area contributed by atoms with Crippen molar-refractivity contribution >= 4 is 11.9 Å². The van der Waals surface area contributed by atoms with Crippen LogP contribution in [0.15, 0.2) is 59.1 Å². The third-order valence-electron chi connectivity index (χ3n) is 6.17. The lowest BCUT2D eigenvalue weighted by molar-refractivity contribution is 0.192. The molecule has 33 heavy (non-hydrogen) atoms. The highest BCUT2D eigenvalue weighted by molar-refractivity contribution is 5.75. The highest BCUT2D eigenvalue weighted by Gasteiger charge is 2.28. The summed E-state index contributed by atoms with van der Waals surface area (Å²) in [7, 11) is 0. The molecule has 0 saturated heterocycles. The number of anilines is 1. The Hall–Kier alpha value is -3.28. The first-order valence-electron chi connectivity index (χ1n) is 11.9. The van der Waals surface area contributed by atoms with Gasteiger partial charge in [0.15, 0.2) is 0 Å². The van der Waals surface area contributed by atoms with E-state index in [-0.39, 0.29) is 6.03 Å². The molecule has 1 aliphatic rings. The van der Waals surface area contributed by atoms with Gasteiger partial charge in [0.1, 0.15) is 5.69 Å². The number of nitrogens with one attached hydrogen (secondary N) is 1. The van der Waals surface area contributed by atoms with E-state index in [9.17, 15) is 4.79 Å². The summed E-state index contributed by atoms with van der Waals surface area (Å²) in [6.07, 6.45) is 1.90. The van der Waals surface area contributed by atoms with Gasteiger partial charge < -0.3 is 19.6 Å². The van der Waals surface area contributed by atoms with Crippen LogP contribution < -0.4 is 10.2 Å². The lowest BCUT2D eigenvalue weighted by Crippen LogP contribution is -2.40. The number of carbonyl (C=O) groups excluding carboxylic acids is 1. The number of amides is 2. The van der Waals surface area contributed by atoms with Crippen LogP contribution in [-0.4, -0.2) is 35.7 Å². The van der Waals surface area contributed by atoms with Gasteiger partial charge in [0, 0.05) is 31.7 Å². The molecule has 2 aromatic carbocycles. The minimum Gasteiger partial charge on any atom is -0.338 e. The number of nitrogens with zero attached hydrogens (tertiary/aromatic N) is 3. The lowest BCUT2D eigenvalue weighted by Gasteiger charge is -2.30. The van der Waals surface area contributed by atoms with E-state index < -0.39 is 0 Å². The molecule has 0 atom stereocenters. The van der Waals surface area contributed by atoms with Crippen molar-refractivity contribution in [2.45, 2.75) is 46.7 Å². The topological polar surface area (TPSA) is 61.6 Å². The fraction of sp³-hybridized carbons (Fsp3) is 0.407. The van der Waals surface area contributed by atoms with Gasteiger partial charge in [-0.2, -0.15) is 0 Å². The number of hydrogen-bond acceptors (Lipinski definition) is 4. The van der Waals surface area contributed by atoms with Crippen LogP contribution >= 0.6 is 0 Å². The van der Waals surface area contributed by atoms with Crippen molar-refractivity contribution in [3.63, 3.8) is 0 Å². The molecule has 6 heteroatoms. The smallest absolute Gasteiger partial charge is 0.317 e. The molecular formula is C27H34N4O2. The van der Waals surface area contributed by atoms with Crippen LogP contribution in [0, 0.1) is 5.92 Å². The molecule has 2 heterocycles. The van der Waals surface area contributed by atoms with Crippen LogP contribution in [-0.2, 0) is 19.5 Å². The Morgan fingerprint density at radius 2 is 1.85 bits per heavy atom. The molecule has 3 aromatic rings. The van der Waals surface area contributed by atoms with E-state index in [1.54, 1.807) is 0 Å². The molecule has 0 aliphatic carbocycles. The fourth-order valence-electron chi connectivity index (χ4n) is 4.30. The minimum absolute atomic E-state index is 0.0479. The predicted octanol–water partition coefficient (Wildman–Crippen LogP) is 5.48. The molecule has 6 nitrogen and oxygen atoms in total. The van der Waals surface area contributed by atoms with Gasteiger partial charge >= 0.3 is 6.03 Å². The molecule has 1 aromatic heterocycles. The molecule has 0 fully saturated rings. The third-order valence-corrected chi connectivity index (χ3v) is 6.17. The van der Waals surface area contributed by atoms with Crippen molar-refractivity contribution in [1.29, 1.82) is 0 Å². The van der Waals surface area contributed by atoms with E-state index in [1.165, 1.54) is 11.1 Å². The Bertz CT molecular complexity index is 1060. The van der Waals surface area contributed by atoms with E-state index in [2.05, 4.69) is 53.5 Å². The summed E-state index contributed by atoms with van der Waals surface area (Å²) in [5.74, 6) is 1.28. The van der Waals surface area contributed by atoms with Gasteiger partial charge in [-0.1, -0.05) is 73.6 Å². The Balaban J connectivity index is 1.69. The van der Waals surface area contributed by atoms with Crippen LogP contribution in [0.25, 0.3) is 11.3 Å². The quantitative estimate of drug-likeness (QED) is 0.498. The number of benzene rings is 2. The molecule has 0 spiro atoms. The van der Waals surface area contributed by atoms with Gasteiger partial charge in [0.2, 0.25) is 5.88 Å². The average molecular weight is 447 g/mol. The van der Waals surface area contributed by atoms with Crippen molar-refractivity contribution in [3.8, 4) is 11.3 Å². The summed E-state index contributed by atoms with van der Waals surface area (Å²) in [4.78, 5) is 17.1. The van der Waals surface area contributed by atoms with Gasteiger partial charge in [-0.05, 0) is 36.8 Å². The molecule has 2 amide bonds. The van der Waals surface area contributed by atoms with Gasteiger partial charge in [-0.15, -0.1) is 0 Å². The Labute approximate surface area is 196 Å². The van der Waals surface area contributed by atoms with Gasteiger partial charge in [0.25, 0.3) is 0 Å². The fourth-order valence-corrected chi connectivity index (χ4v) is 4.30. The summed E-state index contributed by atoms with van der Waals surface area (Å²) < 4.78 is 5.99. The second-order valence-electron chi connectivity index (χ2n) is 9.06. The zero-order valence-electron chi connectivity index (χ0n) is 19.9. The average Bonchev–Trinajstić information content (AvgIpc) is 3.25. The summed E-state index contributed by atoms with van der Waals surface area (Å²) in [5.41, 5.74) is 5.48. The molecule has 174 valence electrons. The van der Waals surface area contributed by atoms with Crippen LogP contribution in [0.2, 0.25) is 0 Å². The zero-order valence-corrected chi connectivity index (χ0v) is 19.9. The monoisotopic (exact) mass is 446 g/mol. The molecule has 1 N–H and O–H groups in total. The highest BCUT2D eigenvalue weighted by Crippen LogP contribution is 2.35. The first kappa shape index (κ1) is 22.9. The lowest BCUT2D eigenvalue weighted by atomic mass is 9.99. The Morgan fingerprint density at radius 1 is 1.12 bits per heavy atom. The maximum Gasteiger partial charge on any atom is 0.317 e. The summed E-state index contributed by atoms with van der Waals surface area (Å²) in [5, 5.41) is 7.47. The molecule has 0 radical (unpaired) electrons. The molecule has 0 bridgehead atoms. The summed E-state index contributed by atoms with van der Waals surface area (Å²) >= 11 is 0. The molecule has 1 aliphatic heterocycles. The van der Waals surface area contributed by atoms with Crippen LogP contribution in [0.5, 0.6) is 0 Å². The summed E-state index contributed by atoms with van der Waals surface area (Å²) in [6, 6.07) is 18.6. The third kappa shape index (κ3) is 5.38. The summed E-state index contributed by atoms with van der Waals surface area (Å²) in [6.45, 7) is 9.69. The maximum atomic E-state index is 12.9. The SMILES string of the molecule is CCNC(=O)N(CCC(C)C)Cc1c(-c2ccccc2)noc1N1CCc2ccccc2C1. The largest absolute Gasteiger partial charge is 0.338 e. The molecule has 4 rings (SSSR count). The number of carbonyl (C=O) groups is 1. The second-order valence-corrected chi connectivity index (χ2v) is 9.06. The standard InChI is InChI=1S/C27H34N4O2/c1-4-28-27(32)31(16-14-20(2)3)19-24-25(22-11-6-5-7-12-22)29-33-26(24)30-17-15-21-10-8-9-13-23(21)18-30/h5-13,20H,4,14-19H2,1-3H3,(H,28,32). The second kappa shape index (κ2) is 10.6. The van der Waals surface area contributed by atoms with Crippen molar-refractivity contribution in [3.05, 3.63) is 71.3 Å². The van der Waals surface area contributed by atoms with E-state index in [4.69, 9.17) is 4.52 Å². The van der Waals surface area contributed by atoms with E-state index in [0.717, 1.165) is 48.6 Å². The number of fused-ring (bicyclic) bond motifs is 1. The number of rotatable bonds is 8. The Morgan fingerprint density at radius 3 is 2.58 bits per heavy atom. The number of hydrogen-bond donors (Lipinski definition) is 1. The first-order valence-corrected chi connectivity index (χ1v) is 11.9. The molecule has 0 saturated carbocycles. The van der Waals surface area contributed by atoms with E-state index in [1.807, 2.05) is 42.2 Å². The minimum atomic E-state index is -0.0479. The van der Waals surface area contributed by atoms with E-state index in [0.29, 0.717) is 25.6 Å². The normalized spacial score (nSPS) is 13.2. The molecule has 0 unspecified atom stereocenters. The predicted molar refractivity (Wildman–Crippen MR) is 132 cm³/mol. The van der Waals surface area contributed by atoms with E-state index >= 15 is 0 Å². The zero-order chi connectivity index (χ0) is 23.2. The van der Waals surface area contributed by atoms with Gasteiger partial charge in [-0.3, -0.25) is 0 Å². The van der Waals surface area contributed by atoms with Crippen molar-refractivity contribution in [2.75, 3.05) is 24.5 Å². The first-order chi connectivity index (χ1) is 16.1. The van der Waals surface area contributed by atoms with Crippen LogP contribution in [0.3, 0.4) is 0 Å². The van der Waals surface area contributed by atoms with Gasteiger partial charge in [-0.25, -0.2) is 4.79 Å². The Kier molecular flexibility index (Phi) is 7.33. The van der Waals surface area contributed by atoms with Crippen LogP contribution in [0.4, 0.5) is 10.7 Å². The van der Waals surface area contributed by atoms with Crippen LogP contribution in [0.1, 0.15) is 43.9 Å². The van der Waals surface area contributed by atoms with Crippen molar-refractivity contribution in [2.24, 2.45) is 5.92 Å². The van der Waals surface area contributed by atoms with Crippen molar-refractivity contribution in [1.82, 2.24) is 15.4 Å². The highest BCUT2D eigenvalue weighted by atomic mass is 16.5. The van der Waals surface area contributed by atoms with Gasteiger partial charge in [0.05, 0.1) is 12.1 Å².